The van der Waals surface area contributed by atoms with Gasteiger partial charge in [-0.15, -0.1) is 0 Å². The van der Waals surface area contributed by atoms with Crippen LogP contribution >= 0.6 is 0 Å². The van der Waals surface area contributed by atoms with Crippen molar-refractivity contribution in [1.29, 1.82) is 5.26 Å². The van der Waals surface area contributed by atoms with Gasteiger partial charge >= 0.3 is 6.18 Å². The largest absolute Gasteiger partial charge is 0.416 e. The zero-order valence-electron chi connectivity index (χ0n) is 9.17. The number of nitrogens with one attached hydrogen (secondary N) is 1. The molecule has 0 atom stereocenters. The van der Waals surface area contributed by atoms with Gasteiger partial charge in [0.25, 0.3) is 0 Å². The number of hydrogen-bond donors (Lipinski definition) is 1. The summed E-state index contributed by atoms with van der Waals surface area (Å²) in [6.07, 6.45) is -0.810. The molecule has 0 heterocycles. The second-order valence-corrected chi connectivity index (χ2v) is 3.32. The van der Waals surface area contributed by atoms with E-state index in [4.69, 9.17) is 5.26 Å². The molecule has 1 aromatic carbocycles. The first kappa shape index (κ1) is 13.1. The Morgan fingerprint density at radius 2 is 2.12 bits per heavy atom. The average molecular weight is 240 g/mol. The summed E-state index contributed by atoms with van der Waals surface area (Å²) in [5, 5.41) is 11.7. The summed E-state index contributed by atoms with van der Waals surface area (Å²) in [4.78, 5) is 0. The van der Waals surface area contributed by atoms with Crippen molar-refractivity contribution in [3.63, 3.8) is 0 Å². The lowest BCUT2D eigenvalue weighted by Gasteiger charge is -2.10. The van der Waals surface area contributed by atoms with Gasteiger partial charge in [0.15, 0.2) is 0 Å². The SMILES string of the molecule is C/C=C/CNc1ccc(C(F)(F)F)cc1C#N. The molecule has 1 aromatic rings. The summed E-state index contributed by atoms with van der Waals surface area (Å²) in [6.45, 7) is 2.30. The molecule has 1 rings (SSSR count). The first-order valence-corrected chi connectivity index (χ1v) is 4.95. The molecule has 1 N–H and O–H groups in total. The molecule has 0 unspecified atom stereocenters. The Bertz CT molecular complexity index is 456. The first-order chi connectivity index (χ1) is 7.99. The van der Waals surface area contributed by atoms with Gasteiger partial charge in [-0.05, 0) is 25.1 Å². The van der Waals surface area contributed by atoms with Crippen molar-refractivity contribution in [3.8, 4) is 6.07 Å². The molecule has 2 nitrogen and oxygen atoms in total. The highest BCUT2D eigenvalue weighted by Crippen LogP contribution is 2.31. The molecule has 0 bridgehead atoms. The molecular formula is C12H11F3N2. The molecule has 90 valence electrons. The van der Waals surface area contributed by atoms with Gasteiger partial charge in [0.2, 0.25) is 0 Å². The van der Waals surface area contributed by atoms with Crippen LogP contribution in [0.25, 0.3) is 0 Å². The lowest BCUT2D eigenvalue weighted by Crippen LogP contribution is -2.07. The summed E-state index contributed by atoms with van der Waals surface area (Å²) >= 11 is 0. The van der Waals surface area contributed by atoms with E-state index in [0.29, 0.717) is 12.2 Å². The van der Waals surface area contributed by atoms with E-state index in [1.807, 2.05) is 13.0 Å². The van der Waals surface area contributed by atoms with Crippen LogP contribution in [0.2, 0.25) is 0 Å². The molecule has 0 saturated heterocycles. The third kappa shape index (κ3) is 3.52. The van der Waals surface area contributed by atoms with Crippen LogP contribution in [-0.4, -0.2) is 6.54 Å². The fraction of sp³-hybridized carbons (Fsp3) is 0.250. The molecule has 0 saturated carbocycles. The number of allylic oxidation sites excluding steroid dienone is 1. The summed E-state index contributed by atoms with van der Waals surface area (Å²) in [7, 11) is 0. The minimum atomic E-state index is -4.42. The Morgan fingerprint density at radius 1 is 1.41 bits per heavy atom. The number of benzene rings is 1. The monoisotopic (exact) mass is 240 g/mol. The van der Waals surface area contributed by atoms with Crippen molar-refractivity contribution in [2.75, 3.05) is 11.9 Å². The molecule has 0 spiro atoms. The van der Waals surface area contributed by atoms with E-state index in [-0.39, 0.29) is 5.56 Å². The van der Waals surface area contributed by atoms with E-state index < -0.39 is 11.7 Å². The molecular weight excluding hydrogens is 229 g/mol. The minimum Gasteiger partial charge on any atom is -0.381 e. The third-order valence-electron chi connectivity index (χ3n) is 2.11. The Labute approximate surface area is 97.4 Å². The zero-order valence-corrected chi connectivity index (χ0v) is 9.17. The molecule has 0 aliphatic heterocycles. The van der Waals surface area contributed by atoms with Crippen molar-refractivity contribution in [2.45, 2.75) is 13.1 Å². The minimum absolute atomic E-state index is 0.00988. The van der Waals surface area contributed by atoms with Crippen molar-refractivity contribution >= 4 is 5.69 Å². The molecule has 5 heteroatoms. The van der Waals surface area contributed by atoms with Gasteiger partial charge < -0.3 is 5.32 Å². The van der Waals surface area contributed by atoms with Crippen LogP contribution in [0.5, 0.6) is 0 Å². The van der Waals surface area contributed by atoms with Gasteiger partial charge in [-0.3, -0.25) is 0 Å². The molecule has 0 aliphatic carbocycles. The van der Waals surface area contributed by atoms with Gasteiger partial charge in [-0.2, -0.15) is 18.4 Å². The second-order valence-electron chi connectivity index (χ2n) is 3.32. The van der Waals surface area contributed by atoms with Crippen molar-refractivity contribution in [1.82, 2.24) is 0 Å². The fourth-order valence-electron chi connectivity index (χ4n) is 1.25. The molecule has 0 amide bonds. The maximum Gasteiger partial charge on any atom is 0.416 e. The van der Waals surface area contributed by atoms with Gasteiger partial charge in [-0.25, -0.2) is 0 Å². The fourth-order valence-corrected chi connectivity index (χ4v) is 1.25. The van der Waals surface area contributed by atoms with Crippen LogP contribution in [0.15, 0.2) is 30.4 Å². The molecule has 0 aromatic heterocycles. The smallest absolute Gasteiger partial charge is 0.381 e. The Kier molecular flexibility index (Phi) is 4.16. The second kappa shape index (κ2) is 5.39. The van der Waals surface area contributed by atoms with Crippen LogP contribution < -0.4 is 5.32 Å². The average Bonchev–Trinajstić information content (AvgIpc) is 2.28. The van der Waals surface area contributed by atoms with Crippen LogP contribution in [0.1, 0.15) is 18.1 Å². The quantitative estimate of drug-likeness (QED) is 0.820. The number of alkyl halides is 3. The predicted octanol–water partition coefficient (Wildman–Crippen LogP) is 3.57. The lowest BCUT2D eigenvalue weighted by molar-refractivity contribution is -0.137. The van der Waals surface area contributed by atoms with E-state index >= 15 is 0 Å². The zero-order chi connectivity index (χ0) is 12.9. The summed E-state index contributed by atoms with van der Waals surface area (Å²) < 4.78 is 37.2. The maximum atomic E-state index is 12.4. The predicted molar refractivity (Wildman–Crippen MR) is 59.5 cm³/mol. The number of hydrogen-bond acceptors (Lipinski definition) is 2. The maximum absolute atomic E-state index is 12.4. The number of anilines is 1. The standard InChI is InChI=1S/C12H11F3N2/c1-2-3-6-17-11-5-4-10(12(13,14)15)7-9(11)8-16/h2-5,7,17H,6H2,1H3/b3-2+. The first-order valence-electron chi connectivity index (χ1n) is 4.95. The lowest BCUT2D eigenvalue weighted by atomic mass is 10.1. The third-order valence-corrected chi connectivity index (χ3v) is 2.11. The highest BCUT2D eigenvalue weighted by atomic mass is 19.4. The van der Waals surface area contributed by atoms with Gasteiger partial charge in [0.1, 0.15) is 6.07 Å². The van der Waals surface area contributed by atoms with Crippen molar-refractivity contribution in [3.05, 3.63) is 41.5 Å². The highest BCUT2D eigenvalue weighted by Gasteiger charge is 2.30. The Balaban J connectivity index is 2.99. The molecule has 0 radical (unpaired) electrons. The van der Waals surface area contributed by atoms with Gasteiger partial charge in [0.05, 0.1) is 16.8 Å². The van der Waals surface area contributed by atoms with Crippen LogP contribution in [0, 0.1) is 11.3 Å². The summed E-state index contributed by atoms with van der Waals surface area (Å²) in [5.41, 5.74) is -0.423. The normalized spacial score (nSPS) is 11.5. The van der Waals surface area contributed by atoms with E-state index in [0.717, 1.165) is 12.1 Å². The van der Waals surface area contributed by atoms with Crippen LogP contribution in [-0.2, 0) is 6.18 Å². The number of nitriles is 1. The highest BCUT2D eigenvalue weighted by molar-refractivity contribution is 5.59. The van der Waals surface area contributed by atoms with E-state index in [1.165, 1.54) is 6.07 Å². The van der Waals surface area contributed by atoms with Crippen molar-refractivity contribution < 1.29 is 13.2 Å². The Hall–Kier alpha value is -1.96. The van der Waals surface area contributed by atoms with Gasteiger partial charge in [0, 0.05) is 6.54 Å². The van der Waals surface area contributed by atoms with Crippen LogP contribution in [0.3, 0.4) is 0 Å². The summed E-state index contributed by atoms with van der Waals surface area (Å²) in [5.74, 6) is 0. The van der Waals surface area contributed by atoms with Crippen molar-refractivity contribution in [2.24, 2.45) is 0 Å². The topological polar surface area (TPSA) is 35.8 Å². The number of rotatable bonds is 3. The van der Waals surface area contributed by atoms with E-state index in [2.05, 4.69) is 5.32 Å². The number of halogens is 3. The Morgan fingerprint density at radius 3 is 2.65 bits per heavy atom. The van der Waals surface area contributed by atoms with Gasteiger partial charge in [-0.1, -0.05) is 12.2 Å². The molecule has 17 heavy (non-hydrogen) atoms. The molecule has 0 aliphatic rings. The number of nitrogens with zero attached hydrogens (tertiary/aromatic N) is 1. The summed E-state index contributed by atoms with van der Waals surface area (Å²) in [6, 6.07) is 4.82. The van der Waals surface area contributed by atoms with Crippen LogP contribution in [0.4, 0.5) is 18.9 Å². The van der Waals surface area contributed by atoms with E-state index in [1.54, 1.807) is 12.1 Å². The molecule has 0 fully saturated rings. The van der Waals surface area contributed by atoms with E-state index in [9.17, 15) is 13.2 Å².